The first-order chi connectivity index (χ1) is 10.9. The highest BCUT2D eigenvalue weighted by molar-refractivity contribution is 5.41. The first kappa shape index (κ1) is 15.3. The molecule has 124 valence electrons. The lowest BCUT2D eigenvalue weighted by atomic mass is 9.52. The molecule has 0 saturated heterocycles. The van der Waals surface area contributed by atoms with Crippen LogP contribution in [0.15, 0.2) is 30.4 Å². The van der Waals surface area contributed by atoms with Gasteiger partial charge in [0.1, 0.15) is 5.75 Å². The van der Waals surface area contributed by atoms with Gasteiger partial charge < -0.3 is 10.2 Å². The molecule has 0 bridgehead atoms. The fourth-order valence-corrected chi connectivity index (χ4v) is 6.15. The molecule has 1 aromatic rings. The zero-order chi connectivity index (χ0) is 16.4. The molecule has 2 N–H and O–H groups in total. The van der Waals surface area contributed by atoms with Crippen LogP contribution in [-0.2, 0) is 6.42 Å². The Kier molecular flexibility index (Phi) is 3.39. The SMILES string of the molecule is C=C(C)[C@H]1Cc2cc(O)ccc2[C@H]2CC[C@]3(C)C[C@H](O)C[C@H]3[C@H]12. The van der Waals surface area contributed by atoms with Crippen molar-refractivity contribution in [3.05, 3.63) is 41.5 Å². The van der Waals surface area contributed by atoms with Gasteiger partial charge in [0.05, 0.1) is 6.10 Å². The maximum atomic E-state index is 10.3. The van der Waals surface area contributed by atoms with E-state index >= 15 is 0 Å². The molecule has 23 heavy (non-hydrogen) atoms. The van der Waals surface area contributed by atoms with E-state index in [-0.39, 0.29) is 6.10 Å². The van der Waals surface area contributed by atoms with Gasteiger partial charge in [-0.05, 0) is 91.4 Å². The van der Waals surface area contributed by atoms with Gasteiger partial charge in [0.2, 0.25) is 0 Å². The molecule has 3 aliphatic rings. The first-order valence-corrected chi connectivity index (χ1v) is 9.04. The summed E-state index contributed by atoms with van der Waals surface area (Å²) < 4.78 is 0. The zero-order valence-corrected chi connectivity index (χ0v) is 14.3. The van der Waals surface area contributed by atoms with Crippen molar-refractivity contribution in [3.63, 3.8) is 0 Å². The third-order valence-corrected chi connectivity index (χ3v) is 7.14. The molecule has 0 amide bonds. The molecule has 3 aliphatic carbocycles. The number of phenols is 1. The molecular formula is C21H28O2. The second kappa shape index (κ2) is 5.11. The predicted octanol–water partition coefficient (Wildman–Crippen LogP) is 4.41. The maximum Gasteiger partial charge on any atom is 0.115 e. The largest absolute Gasteiger partial charge is 0.508 e. The summed E-state index contributed by atoms with van der Waals surface area (Å²) in [5, 5.41) is 20.2. The molecular weight excluding hydrogens is 284 g/mol. The van der Waals surface area contributed by atoms with Crippen molar-refractivity contribution in [2.45, 2.75) is 58.0 Å². The number of benzene rings is 1. The van der Waals surface area contributed by atoms with Gasteiger partial charge in [0.15, 0.2) is 0 Å². The molecule has 2 heteroatoms. The van der Waals surface area contributed by atoms with Gasteiger partial charge >= 0.3 is 0 Å². The highest BCUT2D eigenvalue weighted by Gasteiger charge is 2.55. The fraction of sp³-hybridized carbons (Fsp3) is 0.619. The lowest BCUT2D eigenvalue weighted by Gasteiger charge is -2.52. The van der Waals surface area contributed by atoms with Crippen molar-refractivity contribution in [1.29, 1.82) is 0 Å². The topological polar surface area (TPSA) is 40.5 Å². The van der Waals surface area contributed by atoms with E-state index in [0.29, 0.717) is 34.8 Å². The maximum absolute atomic E-state index is 10.3. The van der Waals surface area contributed by atoms with E-state index < -0.39 is 0 Å². The van der Waals surface area contributed by atoms with E-state index in [9.17, 15) is 10.2 Å². The van der Waals surface area contributed by atoms with Crippen LogP contribution in [0.5, 0.6) is 5.75 Å². The summed E-state index contributed by atoms with van der Waals surface area (Å²) in [5.41, 5.74) is 4.30. The van der Waals surface area contributed by atoms with Crippen LogP contribution in [0.3, 0.4) is 0 Å². The molecule has 2 saturated carbocycles. The Morgan fingerprint density at radius 2 is 2.13 bits per heavy atom. The van der Waals surface area contributed by atoms with E-state index in [1.165, 1.54) is 29.5 Å². The molecule has 0 heterocycles. The van der Waals surface area contributed by atoms with Gasteiger partial charge in [-0.1, -0.05) is 25.1 Å². The first-order valence-electron chi connectivity index (χ1n) is 9.04. The summed E-state index contributed by atoms with van der Waals surface area (Å²) in [7, 11) is 0. The zero-order valence-electron chi connectivity index (χ0n) is 14.3. The second-order valence-corrected chi connectivity index (χ2v) is 8.62. The van der Waals surface area contributed by atoms with Crippen LogP contribution in [0.1, 0.15) is 56.6 Å². The Morgan fingerprint density at radius 3 is 2.87 bits per heavy atom. The van der Waals surface area contributed by atoms with Crippen LogP contribution in [0, 0.1) is 23.2 Å². The molecule has 6 atom stereocenters. The Balaban J connectivity index is 1.80. The number of allylic oxidation sites excluding steroid dienone is 1. The molecule has 0 aliphatic heterocycles. The van der Waals surface area contributed by atoms with Crippen LogP contribution >= 0.6 is 0 Å². The van der Waals surface area contributed by atoms with Gasteiger partial charge in [-0.2, -0.15) is 0 Å². The number of aliphatic hydroxyl groups is 1. The minimum absolute atomic E-state index is 0.129. The average molecular weight is 312 g/mol. The second-order valence-electron chi connectivity index (χ2n) is 8.62. The van der Waals surface area contributed by atoms with Gasteiger partial charge in [-0.25, -0.2) is 0 Å². The van der Waals surface area contributed by atoms with Gasteiger partial charge in [0, 0.05) is 0 Å². The third kappa shape index (κ3) is 2.26. The van der Waals surface area contributed by atoms with Gasteiger partial charge in [-0.15, -0.1) is 0 Å². The molecule has 0 unspecified atom stereocenters. The van der Waals surface area contributed by atoms with Crippen LogP contribution in [-0.4, -0.2) is 16.3 Å². The smallest absolute Gasteiger partial charge is 0.115 e. The van der Waals surface area contributed by atoms with E-state index in [4.69, 9.17) is 0 Å². The van der Waals surface area contributed by atoms with Crippen LogP contribution < -0.4 is 0 Å². The number of phenolic OH excluding ortho intramolecular Hbond substituents is 1. The minimum atomic E-state index is -0.129. The van der Waals surface area contributed by atoms with E-state index in [2.05, 4.69) is 26.5 Å². The van der Waals surface area contributed by atoms with Crippen molar-refractivity contribution < 1.29 is 10.2 Å². The van der Waals surface area contributed by atoms with Crippen LogP contribution in [0.25, 0.3) is 0 Å². The number of aromatic hydroxyl groups is 1. The van der Waals surface area contributed by atoms with E-state index in [1.807, 2.05) is 12.1 Å². The van der Waals surface area contributed by atoms with Crippen molar-refractivity contribution in [2.75, 3.05) is 0 Å². The summed E-state index contributed by atoms with van der Waals surface area (Å²) >= 11 is 0. The quantitative estimate of drug-likeness (QED) is 0.754. The normalized spacial score (nSPS) is 41.8. The molecule has 0 radical (unpaired) electrons. The Labute approximate surface area is 139 Å². The lowest BCUT2D eigenvalue weighted by molar-refractivity contribution is 0.0362. The number of hydrogen-bond donors (Lipinski definition) is 2. The third-order valence-electron chi connectivity index (χ3n) is 7.14. The van der Waals surface area contributed by atoms with Crippen molar-refractivity contribution in [3.8, 4) is 5.75 Å². The summed E-state index contributed by atoms with van der Waals surface area (Å²) in [4.78, 5) is 0. The Bertz CT molecular complexity index is 649. The van der Waals surface area contributed by atoms with Crippen LogP contribution in [0.2, 0.25) is 0 Å². The minimum Gasteiger partial charge on any atom is -0.508 e. The summed E-state index contributed by atoms with van der Waals surface area (Å²) in [6, 6.07) is 5.94. The van der Waals surface area contributed by atoms with Crippen molar-refractivity contribution in [2.24, 2.45) is 23.2 Å². The fourth-order valence-electron chi connectivity index (χ4n) is 6.15. The molecule has 0 spiro atoms. The molecule has 0 aromatic heterocycles. The average Bonchev–Trinajstić information content (AvgIpc) is 2.79. The van der Waals surface area contributed by atoms with Gasteiger partial charge in [0.25, 0.3) is 0 Å². The highest BCUT2D eigenvalue weighted by atomic mass is 16.3. The summed E-state index contributed by atoms with van der Waals surface area (Å²) in [6.07, 6.45) is 5.19. The molecule has 1 aromatic carbocycles. The predicted molar refractivity (Wildman–Crippen MR) is 92.4 cm³/mol. The number of aliphatic hydroxyl groups excluding tert-OH is 1. The summed E-state index contributed by atoms with van der Waals surface area (Å²) in [6.45, 7) is 8.85. The van der Waals surface area contributed by atoms with E-state index in [0.717, 1.165) is 19.3 Å². The molecule has 4 rings (SSSR count). The Morgan fingerprint density at radius 1 is 1.35 bits per heavy atom. The monoisotopic (exact) mass is 312 g/mol. The lowest BCUT2D eigenvalue weighted by Crippen LogP contribution is -2.44. The van der Waals surface area contributed by atoms with E-state index in [1.54, 1.807) is 0 Å². The summed E-state index contributed by atoms with van der Waals surface area (Å²) in [5.74, 6) is 2.61. The van der Waals surface area contributed by atoms with Crippen molar-refractivity contribution in [1.82, 2.24) is 0 Å². The number of fused-ring (bicyclic) bond motifs is 5. The Hall–Kier alpha value is -1.28. The molecule has 2 fully saturated rings. The number of rotatable bonds is 1. The molecule has 2 nitrogen and oxygen atoms in total. The standard InChI is InChI=1S/C21H28O2/c1-12(2)18-9-13-8-14(22)4-5-16(13)17-6-7-21(3)11-15(23)10-19(21)20(17)18/h4-5,8,15,17-20,22-23H,1,6-7,9-11H2,2-3H3/t15-,17-,18-,19+,20+,21-/m1/s1. The van der Waals surface area contributed by atoms with Gasteiger partial charge in [-0.3, -0.25) is 0 Å². The highest BCUT2D eigenvalue weighted by Crippen LogP contribution is 2.62. The van der Waals surface area contributed by atoms with Crippen LogP contribution in [0.4, 0.5) is 0 Å². The number of hydrogen-bond acceptors (Lipinski definition) is 2. The van der Waals surface area contributed by atoms with Crippen molar-refractivity contribution >= 4 is 0 Å².